The van der Waals surface area contributed by atoms with E-state index in [1.807, 2.05) is 36.4 Å². The van der Waals surface area contributed by atoms with Crippen molar-refractivity contribution in [2.24, 2.45) is 14.1 Å². The Hall–Kier alpha value is -5.48. The fraction of sp³-hybridized carbons (Fsp3) is 0.100. The maximum absolute atomic E-state index is 6.31. The van der Waals surface area contributed by atoms with Gasteiger partial charge in [0.15, 0.2) is 0 Å². The molecule has 0 atom stereocenters. The lowest BCUT2D eigenvalue weighted by Gasteiger charge is -2.11. The molecule has 0 amide bonds. The molecular formula is C40H32N2O2. The number of benzene rings is 6. The first kappa shape index (κ1) is 26.2. The Bertz CT molecular complexity index is 2300. The Morgan fingerprint density at radius 3 is 1.80 bits per heavy atom. The molecule has 4 heteroatoms. The standard InChI is InChI=1S/C40H32N2O2/c1-41-24-35(33-22-30(17-19-36(33)41)43-25-27-11-5-3-6-12-27)39-32-16-10-9-15-29(32)21-38-40(39)34-23-31(18-20-37(34)42(38)2)44-26-28-13-7-4-8-14-28/h3-24H,25-26H2,1-2H3. The second-order valence-corrected chi connectivity index (χ2v) is 11.5. The van der Waals surface area contributed by atoms with Crippen LogP contribution in [0.3, 0.4) is 0 Å². The van der Waals surface area contributed by atoms with Crippen molar-refractivity contribution < 1.29 is 9.47 Å². The minimum atomic E-state index is 0.530. The lowest BCUT2D eigenvalue weighted by molar-refractivity contribution is 0.306. The molecule has 0 aliphatic rings. The van der Waals surface area contributed by atoms with E-state index < -0.39 is 0 Å². The zero-order chi connectivity index (χ0) is 29.6. The minimum Gasteiger partial charge on any atom is -0.489 e. The molecule has 4 nitrogen and oxygen atoms in total. The summed E-state index contributed by atoms with van der Waals surface area (Å²) in [4.78, 5) is 0. The van der Waals surface area contributed by atoms with Crippen LogP contribution < -0.4 is 9.47 Å². The molecule has 6 aromatic carbocycles. The Morgan fingerprint density at radius 2 is 1.11 bits per heavy atom. The predicted octanol–water partition coefficient (Wildman–Crippen LogP) is 9.80. The number of ether oxygens (including phenoxy) is 2. The molecule has 214 valence electrons. The fourth-order valence-electron chi connectivity index (χ4n) is 6.52. The van der Waals surface area contributed by atoms with Gasteiger partial charge in [-0.25, -0.2) is 0 Å². The van der Waals surface area contributed by atoms with Crippen LogP contribution in [0.4, 0.5) is 0 Å². The smallest absolute Gasteiger partial charge is 0.120 e. The highest BCUT2D eigenvalue weighted by atomic mass is 16.5. The molecule has 0 spiro atoms. The molecule has 0 aliphatic carbocycles. The Morgan fingerprint density at radius 1 is 0.523 bits per heavy atom. The summed E-state index contributed by atoms with van der Waals surface area (Å²) < 4.78 is 17.1. The Balaban J connectivity index is 1.32. The van der Waals surface area contributed by atoms with Gasteiger partial charge in [-0.2, -0.15) is 0 Å². The number of hydrogen-bond donors (Lipinski definition) is 0. The molecule has 0 unspecified atom stereocenters. The molecule has 0 fully saturated rings. The number of aryl methyl sites for hydroxylation is 2. The highest BCUT2D eigenvalue weighted by Gasteiger charge is 2.21. The van der Waals surface area contributed by atoms with Gasteiger partial charge in [-0.1, -0.05) is 84.9 Å². The third-order valence-corrected chi connectivity index (χ3v) is 8.72. The van der Waals surface area contributed by atoms with E-state index in [2.05, 4.69) is 120 Å². The molecule has 0 saturated carbocycles. The van der Waals surface area contributed by atoms with Crippen molar-refractivity contribution in [2.75, 3.05) is 0 Å². The van der Waals surface area contributed by atoms with E-state index in [1.165, 1.54) is 54.6 Å². The van der Waals surface area contributed by atoms with E-state index in [0.29, 0.717) is 13.2 Å². The van der Waals surface area contributed by atoms with Crippen molar-refractivity contribution in [3.05, 3.63) is 145 Å². The third-order valence-electron chi connectivity index (χ3n) is 8.72. The van der Waals surface area contributed by atoms with Crippen LogP contribution in [0.15, 0.2) is 134 Å². The SMILES string of the molecule is Cn1cc(-c2c3ccccc3cc3c2c2cc(OCc4ccccc4)ccc2n3C)c2cc(OCc3ccccc3)ccc21. The lowest BCUT2D eigenvalue weighted by atomic mass is 9.93. The van der Waals surface area contributed by atoms with Crippen molar-refractivity contribution in [3.63, 3.8) is 0 Å². The van der Waals surface area contributed by atoms with Crippen LogP contribution in [0.25, 0.3) is 54.6 Å². The van der Waals surface area contributed by atoms with Crippen molar-refractivity contribution in [2.45, 2.75) is 13.2 Å². The van der Waals surface area contributed by atoms with Gasteiger partial charge < -0.3 is 18.6 Å². The van der Waals surface area contributed by atoms with E-state index in [0.717, 1.165) is 22.6 Å². The van der Waals surface area contributed by atoms with Crippen LogP contribution in [0.5, 0.6) is 11.5 Å². The zero-order valence-corrected chi connectivity index (χ0v) is 24.8. The number of fused-ring (bicyclic) bond motifs is 5. The second-order valence-electron chi connectivity index (χ2n) is 11.5. The van der Waals surface area contributed by atoms with Crippen molar-refractivity contribution in [1.82, 2.24) is 9.13 Å². The van der Waals surface area contributed by atoms with Crippen LogP contribution in [-0.4, -0.2) is 9.13 Å². The van der Waals surface area contributed by atoms with Gasteiger partial charge in [-0.15, -0.1) is 0 Å². The molecule has 0 aliphatic heterocycles. The molecule has 0 bridgehead atoms. The van der Waals surface area contributed by atoms with Gasteiger partial charge in [-0.3, -0.25) is 0 Å². The summed E-state index contributed by atoms with van der Waals surface area (Å²) >= 11 is 0. The van der Waals surface area contributed by atoms with E-state index in [4.69, 9.17) is 9.47 Å². The molecule has 2 aromatic heterocycles. The molecule has 2 heterocycles. The maximum Gasteiger partial charge on any atom is 0.120 e. The first-order chi connectivity index (χ1) is 21.6. The molecule has 44 heavy (non-hydrogen) atoms. The van der Waals surface area contributed by atoms with Crippen LogP contribution in [0, 0.1) is 0 Å². The Labute approximate surface area is 256 Å². The fourth-order valence-corrected chi connectivity index (χ4v) is 6.52. The van der Waals surface area contributed by atoms with Gasteiger partial charge in [-0.05, 0) is 64.4 Å². The summed E-state index contributed by atoms with van der Waals surface area (Å²) in [6.07, 6.45) is 2.27. The number of aromatic nitrogens is 2. The molecule has 0 N–H and O–H groups in total. The average molecular weight is 573 g/mol. The Kier molecular flexibility index (Phi) is 6.34. The quantitative estimate of drug-likeness (QED) is 0.190. The summed E-state index contributed by atoms with van der Waals surface area (Å²) in [5.74, 6) is 1.72. The summed E-state index contributed by atoms with van der Waals surface area (Å²) in [6.45, 7) is 1.06. The van der Waals surface area contributed by atoms with Crippen LogP contribution in [0.2, 0.25) is 0 Å². The summed E-state index contributed by atoms with van der Waals surface area (Å²) in [5, 5.41) is 6.03. The zero-order valence-electron chi connectivity index (χ0n) is 24.8. The van der Waals surface area contributed by atoms with Crippen LogP contribution in [-0.2, 0) is 27.3 Å². The topological polar surface area (TPSA) is 28.3 Å². The predicted molar refractivity (Wildman–Crippen MR) is 181 cm³/mol. The molecule has 8 aromatic rings. The van der Waals surface area contributed by atoms with Crippen molar-refractivity contribution in [1.29, 1.82) is 0 Å². The maximum atomic E-state index is 6.31. The highest BCUT2D eigenvalue weighted by Crippen LogP contribution is 2.45. The van der Waals surface area contributed by atoms with Gasteiger partial charge in [0.1, 0.15) is 24.7 Å². The first-order valence-corrected chi connectivity index (χ1v) is 15.0. The number of rotatable bonds is 7. The largest absolute Gasteiger partial charge is 0.489 e. The van der Waals surface area contributed by atoms with Gasteiger partial charge in [0.2, 0.25) is 0 Å². The average Bonchev–Trinajstić information content (AvgIpc) is 3.55. The third kappa shape index (κ3) is 4.47. The number of nitrogens with zero attached hydrogens (tertiary/aromatic N) is 2. The van der Waals surface area contributed by atoms with E-state index in [-0.39, 0.29) is 0 Å². The summed E-state index contributed by atoms with van der Waals surface area (Å²) in [7, 11) is 4.28. The van der Waals surface area contributed by atoms with E-state index >= 15 is 0 Å². The van der Waals surface area contributed by atoms with Gasteiger partial charge in [0, 0.05) is 58.6 Å². The van der Waals surface area contributed by atoms with Gasteiger partial charge >= 0.3 is 0 Å². The summed E-state index contributed by atoms with van der Waals surface area (Å²) in [6, 6.07) is 44.6. The molecular weight excluding hydrogens is 540 g/mol. The molecule has 8 rings (SSSR count). The molecule has 0 radical (unpaired) electrons. The monoisotopic (exact) mass is 572 g/mol. The van der Waals surface area contributed by atoms with E-state index in [9.17, 15) is 0 Å². The molecule has 0 saturated heterocycles. The van der Waals surface area contributed by atoms with Crippen LogP contribution >= 0.6 is 0 Å². The minimum absolute atomic E-state index is 0.530. The lowest BCUT2D eigenvalue weighted by Crippen LogP contribution is -1.95. The van der Waals surface area contributed by atoms with Crippen molar-refractivity contribution in [3.8, 4) is 22.6 Å². The van der Waals surface area contributed by atoms with E-state index in [1.54, 1.807) is 0 Å². The highest BCUT2D eigenvalue weighted by molar-refractivity contribution is 6.24. The van der Waals surface area contributed by atoms with Crippen LogP contribution in [0.1, 0.15) is 11.1 Å². The van der Waals surface area contributed by atoms with Crippen molar-refractivity contribution >= 4 is 43.5 Å². The normalized spacial score (nSPS) is 11.6. The van der Waals surface area contributed by atoms with Gasteiger partial charge in [0.25, 0.3) is 0 Å². The first-order valence-electron chi connectivity index (χ1n) is 15.0. The number of hydrogen-bond acceptors (Lipinski definition) is 2. The second kappa shape index (κ2) is 10.7. The van der Waals surface area contributed by atoms with Gasteiger partial charge in [0.05, 0.1) is 5.52 Å². The summed E-state index contributed by atoms with van der Waals surface area (Å²) in [5.41, 5.74) is 8.27.